The summed E-state index contributed by atoms with van der Waals surface area (Å²) in [5.74, 6) is -0.889. The van der Waals surface area contributed by atoms with Crippen molar-refractivity contribution in [2.45, 2.75) is 6.92 Å². The first kappa shape index (κ1) is 9.11. The number of hydrogen-bond acceptors (Lipinski definition) is 5. The van der Waals surface area contributed by atoms with Gasteiger partial charge in [0.15, 0.2) is 0 Å². The molecule has 0 aromatic heterocycles. The fraction of sp³-hybridized carbons (Fsp3) is 0.143. The molecule has 1 aromatic carbocycles. The number of phenols is 2. The molecule has 0 amide bonds. The zero-order valence-electron chi connectivity index (χ0n) is 6.81. The minimum Gasteiger partial charge on any atom is -0.505 e. The average molecular weight is 184 g/mol. The van der Waals surface area contributed by atoms with Crippen LogP contribution in [0.3, 0.4) is 0 Å². The predicted octanol–water partition coefficient (Wildman–Crippen LogP) is 0.897. The Morgan fingerprint density at radius 1 is 1.46 bits per heavy atom. The van der Waals surface area contributed by atoms with Crippen LogP contribution in [0, 0.1) is 17.0 Å². The number of rotatable bonds is 1. The molecular weight excluding hydrogens is 176 g/mol. The van der Waals surface area contributed by atoms with E-state index in [2.05, 4.69) is 0 Å². The van der Waals surface area contributed by atoms with Gasteiger partial charge in [-0.25, -0.2) is 0 Å². The lowest BCUT2D eigenvalue weighted by Gasteiger charge is -2.05. The monoisotopic (exact) mass is 184 g/mol. The van der Waals surface area contributed by atoms with Crippen molar-refractivity contribution in [2.24, 2.45) is 0 Å². The van der Waals surface area contributed by atoms with Crippen LogP contribution in [-0.2, 0) is 0 Å². The largest absolute Gasteiger partial charge is 0.505 e. The van der Waals surface area contributed by atoms with Crippen molar-refractivity contribution in [3.63, 3.8) is 0 Å². The van der Waals surface area contributed by atoms with Gasteiger partial charge in [-0.15, -0.1) is 0 Å². The fourth-order valence-electron chi connectivity index (χ4n) is 0.944. The van der Waals surface area contributed by atoms with E-state index in [-0.39, 0.29) is 17.0 Å². The lowest BCUT2D eigenvalue weighted by Crippen LogP contribution is -1.94. The maximum Gasteiger partial charge on any atom is 0.313 e. The summed E-state index contributed by atoms with van der Waals surface area (Å²) in [5.41, 5.74) is 4.64. The minimum atomic E-state index is -0.766. The Kier molecular flexibility index (Phi) is 1.97. The highest BCUT2D eigenvalue weighted by Crippen LogP contribution is 2.39. The van der Waals surface area contributed by atoms with Crippen molar-refractivity contribution >= 4 is 11.4 Å². The number of nitrogens with zero attached hydrogens (tertiary/aromatic N) is 1. The Hall–Kier alpha value is -1.98. The van der Waals surface area contributed by atoms with Crippen molar-refractivity contribution in [1.82, 2.24) is 0 Å². The van der Waals surface area contributed by atoms with Gasteiger partial charge in [0.25, 0.3) is 0 Å². The third kappa shape index (κ3) is 1.33. The van der Waals surface area contributed by atoms with E-state index >= 15 is 0 Å². The van der Waals surface area contributed by atoms with E-state index in [9.17, 15) is 20.3 Å². The first-order valence-electron chi connectivity index (χ1n) is 3.40. The number of aromatic hydroxyl groups is 2. The van der Waals surface area contributed by atoms with Gasteiger partial charge in [0, 0.05) is 11.6 Å². The topological polar surface area (TPSA) is 110 Å². The lowest BCUT2D eigenvalue weighted by atomic mass is 10.1. The third-order valence-electron chi connectivity index (χ3n) is 1.72. The van der Waals surface area contributed by atoms with E-state index in [0.29, 0.717) is 0 Å². The van der Waals surface area contributed by atoms with Crippen molar-refractivity contribution in [2.75, 3.05) is 5.73 Å². The van der Waals surface area contributed by atoms with Crippen molar-refractivity contribution in [3.05, 3.63) is 21.7 Å². The number of phenolic OH excluding ortho intramolecular Hbond substituents is 2. The highest BCUT2D eigenvalue weighted by Gasteiger charge is 2.20. The van der Waals surface area contributed by atoms with E-state index in [4.69, 9.17) is 5.73 Å². The number of nitro groups is 1. The molecule has 0 aliphatic heterocycles. The molecule has 6 heteroatoms. The highest BCUT2D eigenvalue weighted by molar-refractivity contribution is 5.68. The van der Waals surface area contributed by atoms with Crippen LogP contribution in [0.25, 0.3) is 0 Å². The molecule has 1 aromatic rings. The standard InChI is InChI=1S/C7H8N2O4/c1-3-6(10)4(8)2-5(7(3)11)9(12)13/h2,10-11H,8H2,1H3. The quantitative estimate of drug-likeness (QED) is 0.197. The van der Waals surface area contributed by atoms with Crippen LogP contribution in [0.2, 0.25) is 0 Å². The molecular formula is C7H8N2O4. The van der Waals surface area contributed by atoms with E-state index in [1.54, 1.807) is 0 Å². The molecule has 0 atom stereocenters. The summed E-state index contributed by atoms with van der Waals surface area (Å²) < 4.78 is 0. The molecule has 0 unspecified atom stereocenters. The van der Waals surface area contributed by atoms with E-state index in [1.165, 1.54) is 6.92 Å². The van der Waals surface area contributed by atoms with Gasteiger partial charge in [-0.1, -0.05) is 0 Å². The van der Waals surface area contributed by atoms with Crippen LogP contribution in [0.4, 0.5) is 11.4 Å². The number of nitro benzene ring substituents is 1. The average Bonchev–Trinajstić information content (AvgIpc) is 2.07. The van der Waals surface area contributed by atoms with E-state index in [1.807, 2.05) is 0 Å². The summed E-state index contributed by atoms with van der Waals surface area (Å²) in [6.07, 6.45) is 0. The molecule has 4 N–H and O–H groups in total. The normalized spacial score (nSPS) is 9.92. The summed E-state index contributed by atoms with van der Waals surface area (Å²) in [7, 11) is 0. The molecule has 70 valence electrons. The molecule has 1 rings (SSSR count). The number of hydrogen-bond donors (Lipinski definition) is 3. The van der Waals surface area contributed by atoms with Gasteiger partial charge in [-0.2, -0.15) is 0 Å². The Morgan fingerprint density at radius 2 is 2.00 bits per heavy atom. The second-order valence-electron chi connectivity index (χ2n) is 2.56. The maximum atomic E-state index is 10.3. The fourth-order valence-corrected chi connectivity index (χ4v) is 0.944. The molecule has 0 aliphatic carbocycles. The van der Waals surface area contributed by atoms with Crippen molar-refractivity contribution < 1.29 is 15.1 Å². The molecule has 6 nitrogen and oxygen atoms in total. The minimum absolute atomic E-state index is 0.00620. The van der Waals surface area contributed by atoms with Gasteiger partial charge < -0.3 is 15.9 Å². The predicted molar refractivity (Wildman–Crippen MR) is 45.6 cm³/mol. The van der Waals surface area contributed by atoms with Gasteiger partial charge in [0.2, 0.25) is 5.75 Å². The zero-order chi connectivity index (χ0) is 10.2. The van der Waals surface area contributed by atoms with Gasteiger partial charge >= 0.3 is 5.69 Å². The maximum absolute atomic E-state index is 10.3. The molecule has 0 fully saturated rings. The second kappa shape index (κ2) is 2.81. The lowest BCUT2D eigenvalue weighted by molar-refractivity contribution is -0.385. The molecule has 0 aliphatic rings. The summed E-state index contributed by atoms with van der Waals surface area (Å²) in [5, 5.41) is 28.7. The first-order chi connectivity index (χ1) is 5.95. The Labute approximate surface area is 73.4 Å². The SMILES string of the molecule is Cc1c(O)c(N)cc([N+](=O)[O-])c1O. The van der Waals surface area contributed by atoms with Crippen LogP contribution >= 0.6 is 0 Å². The Bertz CT molecular complexity index is 375. The first-order valence-corrected chi connectivity index (χ1v) is 3.40. The van der Waals surface area contributed by atoms with Gasteiger partial charge in [0.05, 0.1) is 10.6 Å². The van der Waals surface area contributed by atoms with Crippen LogP contribution in [0.5, 0.6) is 11.5 Å². The summed E-state index contributed by atoms with van der Waals surface area (Å²) in [6, 6.07) is 0.914. The van der Waals surface area contributed by atoms with Crippen LogP contribution in [0.15, 0.2) is 6.07 Å². The van der Waals surface area contributed by atoms with Gasteiger partial charge in [-0.3, -0.25) is 10.1 Å². The molecule has 0 bridgehead atoms. The molecule has 0 saturated heterocycles. The molecule has 0 spiro atoms. The highest BCUT2D eigenvalue weighted by atomic mass is 16.6. The Morgan fingerprint density at radius 3 is 2.46 bits per heavy atom. The van der Waals surface area contributed by atoms with Crippen molar-refractivity contribution in [3.8, 4) is 11.5 Å². The molecule has 0 saturated carbocycles. The van der Waals surface area contributed by atoms with Gasteiger partial charge in [-0.05, 0) is 6.92 Å². The zero-order valence-corrected chi connectivity index (χ0v) is 6.81. The number of nitrogen functional groups attached to an aromatic ring is 1. The molecule has 0 radical (unpaired) electrons. The van der Waals surface area contributed by atoms with Crippen LogP contribution in [0.1, 0.15) is 5.56 Å². The third-order valence-corrected chi connectivity index (χ3v) is 1.72. The second-order valence-corrected chi connectivity index (χ2v) is 2.56. The summed E-state index contributed by atoms with van der Waals surface area (Å²) in [6.45, 7) is 1.34. The van der Waals surface area contributed by atoms with Crippen molar-refractivity contribution in [1.29, 1.82) is 0 Å². The van der Waals surface area contributed by atoms with E-state index < -0.39 is 16.4 Å². The number of benzene rings is 1. The molecule has 0 heterocycles. The van der Waals surface area contributed by atoms with E-state index in [0.717, 1.165) is 6.07 Å². The summed E-state index contributed by atoms with van der Waals surface area (Å²) >= 11 is 0. The smallest absolute Gasteiger partial charge is 0.313 e. The number of anilines is 1. The van der Waals surface area contributed by atoms with Crippen LogP contribution in [-0.4, -0.2) is 15.1 Å². The number of nitrogens with two attached hydrogens (primary N) is 1. The summed E-state index contributed by atoms with van der Waals surface area (Å²) in [4.78, 5) is 9.58. The van der Waals surface area contributed by atoms with Gasteiger partial charge in [0.1, 0.15) is 5.75 Å². The Balaban J connectivity index is 3.50. The van der Waals surface area contributed by atoms with Crippen LogP contribution < -0.4 is 5.73 Å². The molecule has 13 heavy (non-hydrogen) atoms.